The first-order valence-electron chi connectivity index (χ1n) is 11.9. The standard InChI is InChI=1S/C27H23F4N7/c1-37-14-22(17-6-7-21(28)20(12-17)27(29,30)31)36-25(37)16-8-10-38(11-9-16)26-23(24(33)34-15-35-26)19-5-3-2-4-18(19)13-32/h2-7,12,14-16H,8-11H2,1H3,(H2,33,34,35). The lowest BCUT2D eigenvalue weighted by Gasteiger charge is -2.33. The number of aryl methyl sites for hydroxylation is 1. The van der Waals surface area contributed by atoms with Crippen LogP contribution in [-0.2, 0) is 13.2 Å². The van der Waals surface area contributed by atoms with Crippen molar-refractivity contribution in [2.45, 2.75) is 24.9 Å². The Labute approximate surface area is 216 Å². The molecular weight excluding hydrogens is 498 g/mol. The Hall–Kier alpha value is -4.46. The number of nitriles is 1. The molecule has 1 aliphatic rings. The average Bonchev–Trinajstić information content (AvgIpc) is 3.29. The molecule has 0 bridgehead atoms. The van der Waals surface area contributed by atoms with Crippen molar-refractivity contribution in [1.82, 2.24) is 19.5 Å². The normalized spacial score (nSPS) is 14.5. The molecule has 0 atom stereocenters. The summed E-state index contributed by atoms with van der Waals surface area (Å²) in [4.78, 5) is 15.4. The lowest BCUT2D eigenvalue weighted by atomic mass is 9.94. The number of halogens is 4. The molecule has 2 aromatic carbocycles. The molecule has 1 saturated heterocycles. The first-order chi connectivity index (χ1) is 18.2. The van der Waals surface area contributed by atoms with Crippen molar-refractivity contribution >= 4 is 11.6 Å². The zero-order valence-corrected chi connectivity index (χ0v) is 20.4. The van der Waals surface area contributed by atoms with E-state index in [1.54, 1.807) is 25.4 Å². The molecular formula is C27H23F4N7. The third-order valence-electron chi connectivity index (χ3n) is 6.81. The summed E-state index contributed by atoms with van der Waals surface area (Å²) in [6, 6.07) is 12.3. The van der Waals surface area contributed by atoms with E-state index in [2.05, 4.69) is 25.9 Å². The Bertz CT molecular complexity index is 1530. The number of benzene rings is 2. The molecule has 0 aliphatic carbocycles. The molecule has 0 radical (unpaired) electrons. The molecule has 2 aromatic heterocycles. The van der Waals surface area contributed by atoms with Crippen LogP contribution in [0.4, 0.5) is 29.2 Å². The van der Waals surface area contributed by atoms with E-state index in [9.17, 15) is 22.8 Å². The van der Waals surface area contributed by atoms with Crippen LogP contribution in [0.2, 0.25) is 0 Å². The van der Waals surface area contributed by atoms with Crippen LogP contribution in [0.25, 0.3) is 22.4 Å². The number of rotatable bonds is 4. The highest BCUT2D eigenvalue weighted by Gasteiger charge is 2.35. The Balaban J connectivity index is 1.39. The van der Waals surface area contributed by atoms with Gasteiger partial charge in [0.05, 0.1) is 28.5 Å². The molecule has 2 N–H and O–H groups in total. The largest absolute Gasteiger partial charge is 0.419 e. The van der Waals surface area contributed by atoms with Crippen LogP contribution in [0.5, 0.6) is 0 Å². The molecule has 5 rings (SSSR count). The van der Waals surface area contributed by atoms with E-state index in [0.29, 0.717) is 54.1 Å². The number of anilines is 2. The average molecular weight is 522 g/mol. The van der Waals surface area contributed by atoms with Gasteiger partial charge in [0.15, 0.2) is 0 Å². The van der Waals surface area contributed by atoms with Crippen molar-refractivity contribution in [1.29, 1.82) is 5.26 Å². The number of hydrogen-bond donors (Lipinski definition) is 1. The number of piperidine rings is 1. The van der Waals surface area contributed by atoms with E-state index in [1.807, 2.05) is 16.7 Å². The number of imidazole rings is 1. The highest BCUT2D eigenvalue weighted by molar-refractivity contribution is 5.87. The highest BCUT2D eigenvalue weighted by Crippen LogP contribution is 2.39. The number of nitrogens with two attached hydrogens (primary N) is 1. The van der Waals surface area contributed by atoms with Crippen molar-refractivity contribution in [3.63, 3.8) is 0 Å². The Morgan fingerprint density at radius 1 is 1.08 bits per heavy atom. The smallest absolute Gasteiger partial charge is 0.383 e. The summed E-state index contributed by atoms with van der Waals surface area (Å²) >= 11 is 0. The fourth-order valence-corrected chi connectivity index (χ4v) is 4.94. The lowest BCUT2D eigenvalue weighted by molar-refractivity contribution is -0.139. The molecule has 0 spiro atoms. The summed E-state index contributed by atoms with van der Waals surface area (Å²) in [5.74, 6) is 0.416. The fourth-order valence-electron chi connectivity index (χ4n) is 4.94. The van der Waals surface area contributed by atoms with E-state index >= 15 is 0 Å². The second-order valence-electron chi connectivity index (χ2n) is 9.16. The van der Waals surface area contributed by atoms with Crippen LogP contribution in [0.1, 0.15) is 35.7 Å². The van der Waals surface area contributed by atoms with Gasteiger partial charge in [-0.3, -0.25) is 0 Å². The first kappa shape index (κ1) is 25.2. The highest BCUT2D eigenvalue weighted by atomic mass is 19.4. The van der Waals surface area contributed by atoms with Gasteiger partial charge in [0.1, 0.15) is 29.6 Å². The van der Waals surface area contributed by atoms with Crippen LogP contribution in [-0.4, -0.2) is 32.6 Å². The molecule has 1 fully saturated rings. The zero-order chi connectivity index (χ0) is 27.0. The summed E-state index contributed by atoms with van der Waals surface area (Å²) < 4.78 is 55.2. The predicted molar refractivity (Wildman–Crippen MR) is 134 cm³/mol. The van der Waals surface area contributed by atoms with Crippen molar-refractivity contribution in [3.8, 4) is 28.5 Å². The quantitative estimate of drug-likeness (QED) is 0.354. The van der Waals surface area contributed by atoms with Crippen LogP contribution in [0, 0.1) is 17.1 Å². The monoisotopic (exact) mass is 521 g/mol. The minimum absolute atomic E-state index is 0.0570. The second kappa shape index (κ2) is 9.78. The van der Waals surface area contributed by atoms with E-state index in [0.717, 1.165) is 18.0 Å². The molecule has 38 heavy (non-hydrogen) atoms. The molecule has 11 heteroatoms. The fraction of sp³-hybridized carbons (Fsp3) is 0.259. The number of nitrogen functional groups attached to an aromatic ring is 1. The molecule has 4 aromatic rings. The van der Waals surface area contributed by atoms with Gasteiger partial charge in [0.25, 0.3) is 0 Å². The van der Waals surface area contributed by atoms with Crippen LogP contribution < -0.4 is 10.6 Å². The minimum Gasteiger partial charge on any atom is -0.383 e. The Morgan fingerprint density at radius 2 is 1.82 bits per heavy atom. The molecule has 0 unspecified atom stereocenters. The number of hydrogen-bond acceptors (Lipinski definition) is 6. The molecule has 3 heterocycles. The lowest BCUT2D eigenvalue weighted by Crippen LogP contribution is -2.34. The van der Waals surface area contributed by atoms with Gasteiger partial charge in [-0.15, -0.1) is 0 Å². The second-order valence-corrected chi connectivity index (χ2v) is 9.16. The van der Waals surface area contributed by atoms with E-state index in [4.69, 9.17) is 5.73 Å². The van der Waals surface area contributed by atoms with Crippen molar-refractivity contribution in [2.75, 3.05) is 23.7 Å². The summed E-state index contributed by atoms with van der Waals surface area (Å²) in [6.07, 6.45) is -0.299. The van der Waals surface area contributed by atoms with Gasteiger partial charge < -0.3 is 15.2 Å². The maximum absolute atomic E-state index is 13.8. The molecule has 1 aliphatic heterocycles. The molecule has 194 valence electrons. The summed E-state index contributed by atoms with van der Waals surface area (Å²) in [6.45, 7) is 1.25. The topological polar surface area (TPSA) is 96.7 Å². The van der Waals surface area contributed by atoms with Crippen molar-refractivity contribution < 1.29 is 17.6 Å². The van der Waals surface area contributed by atoms with Gasteiger partial charge >= 0.3 is 6.18 Å². The molecule has 0 saturated carbocycles. The number of nitrogens with zero attached hydrogens (tertiary/aromatic N) is 6. The Morgan fingerprint density at radius 3 is 2.53 bits per heavy atom. The number of alkyl halides is 3. The maximum Gasteiger partial charge on any atom is 0.419 e. The third-order valence-corrected chi connectivity index (χ3v) is 6.81. The zero-order valence-electron chi connectivity index (χ0n) is 20.4. The van der Waals surface area contributed by atoms with Crippen LogP contribution in [0.15, 0.2) is 55.0 Å². The van der Waals surface area contributed by atoms with Gasteiger partial charge in [0.2, 0.25) is 0 Å². The van der Waals surface area contributed by atoms with Crippen LogP contribution in [0.3, 0.4) is 0 Å². The minimum atomic E-state index is -4.79. The van der Waals surface area contributed by atoms with Gasteiger partial charge in [-0.05, 0) is 37.1 Å². The molecule has 0 amide bonds. The summed E-state index contributed by atoms with van der Waals surface area (Å²) in [5, 5.41) is 9.58. The van der Waals surface area contributed by atoms with Gasteiger partial charge in [-0.25, -0.2) is 19.3 Å². The van der Waals surface area contributed by atoms with Crippen molar-refractivity contribution in [3.05, 3.63) is 77.8 Å². The molecule has 7 nitrogen and oxygen atoms in total. The van der Waals surface area contributed by atoms with Crippen molar-refractivity contribution in [2.24, 2.45) is 7.05 Å². The predicted octanol–water partition coefficient (Wildman–Crippen LogP) is 5.54. The number of aromatic nitrogens is 4. The SMILES string of the molecule is Cn1cc(-c2ccc(F)c(C(F)(F)F)c2)nc1C1CCN(c2ncnc(N)c2-c2ccccc2C#N)CC1. The van der Waals surface area contributed by atoms with E-state index in [1.165, 1.54) is 12.4 Å². The summed E-state index contributed by atoms with van der Waals surface area (Å²) in [7, 11) is 1.80. The van der Waals surface area contributed by atoms with Crippen LogP contribution >= 0.6 is 0 Å². The maximum atomic E-state index is 13.8. The van der Waals surface area contributed by atoms with E-state index in [-0.39, 0.29) is 17.3 Å². The first-order valence-corrected chi connectivity index (χ1v) is 11.9. The Kier molecular flexibility index (Phi) is 6.48. The third kappa shape index (κ3) is 4.65. The van der Waals surface area contributed by atoms with Gasteiger partial charge in [0, 0.05) is 43.4 Å². The van der Waals surface area contributed by atoms with E-state index < -0.39 is 17.6 Å². The summed E-state index contributed by atoms with van der Waals surface area (Å²) in [5.41, 5.74) is 7.23. The van der Waals surface area contributed by atoms with Gasteiger partial charge in [-0.2, -0.15) is 18.4 Å². The van der Waals surface area contributed by atoms with Gasteiger partial charge in [-0.1, -0.05) is 18.2 Å².